The van der Waals surface area contributed by atoms with Crippen LogP contribution >= 0.6 is 0 Å². The molecule has 0 saturated heterocycles. The summed E-state index contributed by atoms with van der Waals surface area (Å²) in [6, 6.07) is 9.56. The average Bonchev–Trinajstić information content (AvgIpc) is 2.63. The molecular weight excluding hydrogens is 339 g/mol. The Kier molecular flexibility index (Phi) is 6.39. The van der Waals surface area contributed by atoms with Crippen molar-refractivity contribution in [3.05, 3.63) is 53.3 Å². The molecule has 0 bridgehead atoms. The lowest BCUT2D eigenvalue weighted by atomic mass is 10.0. The van der Waals surface area contributed by atoms with Gasteiger partial charge in [-0.2, -0.15) is 5.26 Å². The number of aliphatic carboxylic acids is 1. The lowest BCUT2D eigenvalue weighted by Gasteiger charge is -2.19. The van der Waals surface area contributed by atoms with E-state index in [1.165, 1.54) is 12.1 Å². The minimum atomic E-state index is -1.36. The monoisotopic (exact) mass is 358 g/mol. The fourth-order valence-electron chi connectivity index (χ4n) is 2.39. The Morgan fingerprint density at radius 2 is 1.88 bits per heavy atom. The van der Waals surface area contributed by atoms with Gasteiger partial charge in [-0.15, -0.1) is 0 Å². The first-order valence-electron chi connectivity index (χ1n) is 8.08. The van der Waals surface area contributed by atoms with Crippen LogP contribution in [0.4, 0.5) is 10.1 Å². The molecule has 0 fully saturated rings. The Bertz CT molecular complexity index is 816. The third-order valence-corrected chi connectivity index (χ3v) is 3.53. The minimum absolute atomic E-state index is 0.0682. The normalized spacial score (nSPS) is 11.3. The van der Waals surface area contributed by atoms with Gasteiger partial charge in [-0.05, 0) is 44.2 Å². The van der Waals surface area contributed by atoms with Crippen LogP contribution in [0.3, 0.4) is 0 Å². The second kappa shape index (κ2) is 8.72. The summed E-state index contributed by atoms with van der Waals surface area (Å²) >= 11 is 0. The first-order valence-corrected chi connectivity index (χ1v) is 8.08. The molecule has 7 heteroatoms. The highest BCUT2D eigenvalue weighted by Gasteiger charge is 2.26. The van der Waals surface area contributed by atoms with E-state index in [2.05, 4.69) is 5.32 Å². The largest absolute Gasteiger partial charge is 0.494 e. The minimum Gasteiger partial charge on any atom is -0.494 e. The van der Waals surface area contributed by atoms with Gasteiger partial charge in [0, 0.05) is 17.3 Å². The molecule has 0 spiro atoms. The number of nitrogens with one attached hydrogen (secondary N) is 1. The van der Waals surface area contributed by atoms with Crippen LogP contribution < -0.4 is 14.8 Å². The fourth-order valence-corrected chi connectivity index (χ4v) is 2.39. The zero-order valence-corrected chi connectivity index (χ0v) is 14.5. The molecule has 0 aliphatic heterocycles. The highest BCUT2D eigenvalue weighted by molar-refractivity contribution is 5.80. The van der Waals surface area contributed by atoms with E-state index in [4.69, 9.17) is 14.7 Å². The molecule has 2 aromatic rings. The van der Waals surface area contributed by atoms with E-state index in [1.807, 2.05) is 6.07 Å². The summed E-state index contributed by atoms with van der Waals surface area (Å²) in [6.45, 7) is 4.05. The second-order valence-electron chi connectivity index (χ2n) is 5.30. The summed E-state index contributed by atoms with van der Waals surface area (Å²) in [5.41, 5.74) is 0.775. The van der Waals surface area contributed by atoms with Crippen LogP contribution in [0, 0.1) is 17.1 Å². The first kappa shape index (κ1) is 19.1. The van der Waals surface area contributed by atoms with Crippen LogP contribution in [0.15, 0.2) is 36.4 Å². The number of ether oxygens (including phenoxy) is 2. The molecule has 0 aromatic heterocycles. The molecule has 0 amide bonds. The third kappa shape index (κ3) is 4.42. The maximum absolute atomic E-state index is 14.8. The van der Waals surface area contributed by atoms with Gasteiger partial charge in [0.2, 0.25) is 0 Å². The summed E-state index contributed by atoms with van der Waals surface area (Å²) in [6.07, 6.45) is 0. The predicted octanol–water partition coefficient (Wildman–Crippen LogP) is 3.73. The van der Waals surface area contributed by atoms with Crippen LogP contribution in [0.5, 0.6) is 11.5 Å². The zero-order chi connectivity index (χ0) is 19.1. The summed E-state index contributed by atoms with van der Waals surface area (Å²) < 4.78 is 25.4. The molecule has 1 atom stereocenters. The number of nitrogens with zero attached hydrogens (tertiary/aromatic N) is 1. The van der Waals surface area contributed by atoms with E-state index in [1.54, 1.807) is 38.1 Å². The van der Waals surface area contributed by atoms with E-state index >= 15 is 0 Å². The summed E-state index contributed by atoms with van der Waals surface area (Å²) in [4.78, 5) is 11.8. The van der Waals surface area contributed by atoms with E-state index in [0.717, 1.165) is 0 Å². The van der Waals surface area contributed by atoms with Crippen molar-refractivity contribution >= 4 is 11.7 Å². The number of anilines is 1. The van der Waals surface area contributed by atoms with E-state index in [0.29, 0.717) is 23.6 Å². The van der Waals surface area contributed by atoms with Crippen molar-refractivity contribution in [2.45, 2.75) is 19.9 Å². The van der Waals surface area contributed by atoms with Gasteiger partial charge in [0.15, 0.2) is 17.6 Å². The highest BCUT2D eigenvalue weighted by atomic mass is 19.1. The summed E-state index contributed by atoms with van der Waals surface area (Å²) in [5.74, 6) is -1.77. The van der Waals surface area contributed by atoms with Crippen molar-refractivity contribution in [1.29, 1.82) is 5.26 Å². The molecule has 2 N–H and O–H groups in total. The number of carbonyl (C=O) groups is 1. The van der Waals surface area contributed by atoms with Crippen molar-refractivity contribution in [1.82, 2.24) is 0 Å². The molecular formula is C19H19FN2O4. The molecule has 0 aliphatic rings. The molecule has 136 valence electrons. The Labute approximate surface area is 150 Å². The van der Waals surface area contributed by atoms with E-state index in [9.17, 15) is 14.3 Å². The molecule has 0 radical (unpaired) electrons. The van der Waals surface area contributed by atoms with Gasteiger partial charge in [0.05, 0.1) is 24.8 Å². The Balaban J connectivity index is 2.44. The Morgan fingerprint density at radius 3 is 2.42 bits per heavy atom. The average molecular weight is 358 g/mol. The molecule has 0 aliphatic carbocycles. The van der Waals surface area contributed by atoms with Gasteiger partial charge in [-0.3, -0.25) is 0 Å². The van der Waals surface area contributed by atoms with Crippen molar-refractivity contribution in [3.63, 3.8) is 0 Å². The zero-order valence-electron chi connectivity index (χ0n) is 14.5. The maximum Gasteiger partial charge on any atom is 0.330 e. The van der Waals surface area contributed by atoms with Gasteiger partial charge < -0.3 is 19.9 Å². The number of hydrogen-bond acceptors (Lipinski definition) is 5. The molecule has 0 saturated carbocycles. The molecule has 0 heterocycles. The van der Waals surface area contributed by atoms with Crippen LogP contribution in [0.25, 0.3) is 0 Å². The van der Waals surface area contributed by atoms with Crippen LogP contribution in [0.2, 0.25) is 0 Å². The topological polar surface area (TPSA) is 91.6 Å². The summed E-state index contributed by atoms with van der Waals surface area (Å²) in [5, 5.41) is 21.2. The molecule has 2 aromatic carbocycles. The first-order chi connectivity index (χ1) is 12.5. The van der Waals surface area contributed by atoms with Gasteiger partial charge in [-0.25, -0.2) is 9.18 Å². The number of nitriles is 1. The number of carboxylic acids is 1. The molecule has 2 rings (SSSR count). The van der Waals surface area contributed by atoms with Crippen LogP contribution in [-0.2, 0) is 4.79 Å². The van der Waals surface area contributed by atoms with Crippen molar-refractivity contribution < 1.29 is 23.8 Å². The van der Waals surface area contributed by atoms with E-state index in [-0.39, 0.29) is 17.9 Å². The van der Waals surface area contributed by atoms with Crippen molar-refractivity contribution in [2.24, 2.45) is 0 Å². The van der Waals surface area contributed by atoms with Gasteiger partial charge >= 0.3 is 5.97 Å². The van der Waals surface area contributed by atoms with Crippen LogP contribution in [-0.4, -0.2) is 24.3 Å². The van der Waals surface area contributed by atoms with Crippen LogP contribution in [0.1, 0.15) is 31.0 Å². The van der Waals surface area contributed by atoms with Gasteiger partial charge in [-0.1, -0.05) is 0 Å². The molecule has 6 nitrogen and oxygen atoms in total. The van der Waals surface area contributed by atoms with Gasteiger partial charge in [0.1, 0.15) is 5.75 Å². The maximum atomic E-state index is 14.8. The number of carboxylic acid groups (broad SMARTS) is 1. The number of benzene rings is 2. The van der Waals surface area contributed by atoms with Gasteiger partial charge in [0.25, 0.3) is 0 Å². The van der Waals surface area contributed by atoms with Crippen molar-refractivity contribution in [3.8, 4) is 17.6 Å². The lowest BCUT2D eigenvalue weighted by Crippen LogP contribution is -2.22. The number of halogens is 1. The summed E-state index contributed by atoms with van der Waals surface area (Å²) in [7, 11) is 0. The number of hydrogen-bond donors (Lipinski definition) is 2. The Hall–Kier alpha value is -3.27. The Morgan fingerprint density at radius 1 is 1.23 bits per heavy atom. The third-order valence-electron chi connectivity index (χ3n) is 3.53. The standard InChI is InChI=1S/C19H19FN2O4/c1-3-25-14-9-15(17(20)16(10-14)26-4-2)18(19(23)24)22-13-7-5-12(11-21)6-8-13/h5-10,18,22H,3-4H2,1-2H3,(H,23,24). The smallest absolute Gasteiger partial charge is 0.330 e. The highest BCUT2D eigenvalue weighted by Crippen LogP contribution is 2.33. The number of rotatable bonds is 8. The molecule has 26 heavy (non-hydrogen) atoms. The lowest BCUT2D eigenvalue weighted by molar-refractivity contribution is -0.138. The second-order valence-corrected chi connectivity index (χ2v) is 5.30. The van der Waals surface area contributed by atoms with E-state index < -0.39 is 17.8 Å². The van der Waals surface area contributed by atoms with Crippen molar-refractivity contribution in [2.75, 3.05) is 18.5 Å². The fraction of sp³-hybridized carbons (Fsp3) is 0.263. The SMILES string of the molecule is CCOc1cc(OCC)c(F)c(C(Nc2ccc(C#N)cc2)C(=O)O)c1. The quantitative estimate of drug-likeness (QED) is 0.747. The predicted molar refractivity (Wildman–Crippen MR) is 93.9 cm³/mol. The molecule has 1 unspecified atom stereocenters.